The zero-order valence-electron chi connectivity index (χ0n) is 9.56. The molecule has 1 aromatic rings. The van der Waals surface area contributed by atoms with Gasteiger partial charge in [-0.05, 0) is 35.9 Å². The summed E-state index contributed by atoms with van der Waals surface area (Å²) in [6, 6.07) is 4.15. The van der Waals surface area contributed by atoms with Crippen molar-refractivity contribution in [2.75, 3.05) is 18.8 Å². The molecule has 1 heterocycles. The Morgan fingerprint density at radius 2 is 2.07 bits per heavy atom. The van der Waals surface area contributed by atoms with Crippen LogP contribution in [-0.4, -0.2) is 28.7 Å². The van der Waals surface area contributed by atoms with Crippen LogP contribution in [0.1, 0.15) is 19.4 Å². The Morgan fingerprint density at radius 3 is 2.60 bits per heavy atom. The minimum absolute atomic E-state index is 0.648. The van der Waals surface area contributed by atoms with Gasteiger partial charge < -0.3 is 0 Å². The van der Waals surface area contributed by atoms with E-state index in [9.17, 15) is 0 Å². The maximum absolute atomic E-state index is 4.32. The van der Waals surface area contributed by atoms with Crippen LogP contribution in [-0.2, 0) is 6.54 Å². The van der Waals surface area contributed by atoms with E-state index in [0.29, 0.717) is 5.92 Å². The van der Waals surface area contributed by atoms with Crippen molar-refractivity contribution in [2.24, 2.45) is 5.92 Å². The average Bonchev–Trinajstić information content (AvgIpc) is 2.29. The number of hydrogen-bond donors (Lipinski definition) is 1. The van der Waals surface area contributed by atoms with Crippen LogP contribution in [0, 0.1) is 5.92 Å². The van der Waals surface area contributed by atoms with Gasteiger partial charge in [0.05, 0.1) is 0 Å². The normalized spacial score (nSPS) is 13.1. The number of hydrogen-bond acceptors (Lipinski definition) is 3. The Morgan fingerprint density at radius 1 is 1.40 bits per heavy atom. The quantitative estimate of drug-likeness (QED) is 0.747. The number of aromatic nitrogens is 1. The highest BCUT2D eigenvalue weighted by Gasteiger charge is 2.07. The average molecular weight is 224 g/mol. The molecule has 0 saturated heterocycles. The van der Waals surface area contributed by atoms with Crippen LogP contribution in [0.25, 0.3) is 0 Å². The molecule has 1 rings (SSSR count). The maximum Gasteiger partial charge on any atom is 0.0271 e. The minimum atomic E-state index is 0.648. The van der Waals surface area contributed by atoms with Crippen LogP contribution in [0.3, 0.4) is 0 Å². The summed E-state index contributed by atoms with van der Waals surface area (Å²) in [4.78, 5) is 6.47. The first-order valence-corrected chi connectivity index (χ1v) is 6.11. The zero-order chi connectivity index (χ0) is 11.1. The molecule has 0 amide bonds. The van der Waals surface area contributed by atoms with E-state index in [1.54, 1.807) is 0 Å². The predicted octanol–water partition coefficient (Wildman–Crippen LogP) is 2.47. The molecule has 2 nitrogen and oxygen atoms in total. The molecular weight excluding hydrogens is 204 g/mol. The fraction of sp³-hybridized carbons (Fsp3) is 0.583. The molecule has 84 valence electrons. The van der Waals surface area contributed by atoms with Gasteiger partial charge in [0.1, 0.15) is 0 Å². The summed E-state index contributed by atoms with van der Waals surface area (Å²) < 4.78 is 0. The standard InChI is InChI=1S/C12H20N2S/c1-3-14(8-11(2)10-15)9-12-4-6-13-7-5-12/h4-7,11,15H,3,8-10H2,1-2H3. The van der Waals surface area contributed by atoms with E-state index in [4.69, 9.17) is 0 Å². The SMILES string of the molecule is CCN(Cc1ccncc1)CC(C)CS. The van der Waals surface area contributed by atoms with Gasteiger partial charge >= 0.3 is 0 Å². The van der Waals surface area contributed by atoms with E-state index < -0.39 is 0 Å². The highest BCUT2D eigenvalue weighted by molar-refractivity contribution is 7.80. The van der Waals surface area contributed by atoms with Crippen molar-refractivity contribution in [1.29, 1.82) is 0 Å². The lowest BCUT2D eigenvalue weighted by molar-refractivity contribution is 0.250. The van der Waals surface area contributed by atoms with Crippen molar-refractivity contribution in [2.45, 2.75) is 20.4 Å². The Bertz CT molecular complexity index is 264. The van der Waals surface area contributed by atoms with Gasteiger partial charge in [0.2, 0.25) is 0 Å². The molecule has 0 aromatic carbocycles. The molecule has 0 aliphatic carbocycles. The third-order valence-electron chi connectivity index (χ3n) is 2.48. The van der Waals surface area contributed by atoms with Gasteiger partial charge in [0.15, 0.2) is 0 Å². The van der Waals surface area contributed by atoms with Crippen molar-refractivity contribution in [3.63, 3.8) is 0 Å². The van der Waals surface area contributed by atoms with Crippen molar-refractivity contribution in [1.82, 2.24) is 9.88 Å². The van der Waals surface area contributed by atoms with Gasteiger partial charge in [-0.2, -0.15) is 12.6 Å². The Balaban J connectivity index is 2.47. The highest BCUT2D eigenvalue weighted by Crippen LogP contribution is 2.07. The van der Waals surface area contributed by atoms with Gasteiger partial charge in [-0.1, -0.05) is 13.8 Å². The smallest absolute Gasteiger partial charge is 0.0271 e. The molecule has 1 aromatic heterocycles. The topological polar surface area (TPSA) is 16.1 Å². The summed E-state index contributed by atoms with van der Waals surface area (Å²) in [5, 5.41) is 0. The van der Waals surface area contributed by atoms with E-state index in [1.807, 2.05) is 12.4 Å². The Labute approximate surface area is 98.1 Å². The molecule has 0 aliphatic heterocycles. The maximum atomic E-state index is 4.32. The highest BCUT2D eigenvalue weighted by atomic mass is 32.1. The molecule has 0 spiro atoms. The number of pyridine rings is 1. The van der Waals surface area contributed by atoms with Crippen molar-refractivity contribution >= 4 is 12.6 Å². The molecular formula is C12H20N2S. The summed E-state index contributed by atoms with van der Waals surface area (Å²) in [6.07, 6.45) is 3.70. The third-order valence-corrected chi connectivity index (χ3v) is 3.11. The van der Waals surface area contributed by atoms with Crippen LogP contribution >= 0.6 is 12.6 Å². The van der Waals surface area contributed by atoms with Crippen molar-refractivity contribution < 1.29 is 0 Å². The summed E-state index contributed by atoms with van der Waals surface area (Å²) >= 11 is 4.32. The van der Waals surface area contributed by atoms with Crippen LogP contribution in [0.5, 0.6) is 0 Å². The monoisotopic (exact) mass is 224 g/mol. The first-order chi connectivity index (χ1) is 7.26. The predicted molar refractivity (Wildman–Crippen MR) is 68.2 cm³/mol. The molecule has 0 fully saturated rings. The van der Waals surface area contributed by atoms with E-state index in [-0.39, 0.29) is 0 Å². The van der Waals surface area contributed by atoms with Gasteiger partial charge in [-0.25, -0.2) is 0 Å². The van der Waals surface area contributed by atoms with Gasteiger partial charge in [0.25, 0.3) is 0 Å². The Hall–Kier alpha value is -0.540. The molecule has 1 atom stereocenters. The van der Waals surface area contributed by atoms with Crippen molar-refractivity contribution in [3.05, 3.63) is 30.1 Å². The third kappa shape index (κ3) is 4.67. The van der Waals surface area contributed by atoms with E-state index >= 15 is 0 Å². The molecule has 0 radical (unpaired) electrons. The fourth-order valence-corrected chi connectivity index (χ4v) is 1.67. The fourth-order valence-electron chi connectivity index (χ4n) is 1.55. The molecule has 0 N–H and O–H groups in total. The second kappa shape index (κ2) is 6.85. The second-order valence-corrected chi connectivity index (χ2v) is 4.34. The van der Waals surface area contributed by atoms with Crippen LogP contribution in [0.2, 0.25) is 0 Å². The van der Waals surface area contributed by atoms with Crippen LogP contribution in [0.15, 0.2) is 24.5 Å². The van der Waals surface area contributed by atoms with Gasteiger partial charge in [-0.15, -0.1) is 0 Å². The summed E-state index contributed by atoms with van der Waals surface area (Å²) in [7, 11) is 0. The summed E-state index contributed by atoms with van der Waals surface area (Å²) in [5.74, 6) is 1.60. The number of nitrogens with zero attached hydrogens (tertiary/aromatic N) is 2. The molecule has 15 heavy (non-hydrogen) atoms. The molecule has 0 bridgehead atoms. The molecule has 0 aliphatic rings. The molecule has 3 heteroatoms. The van der Waals surface area contributed by atoms with Crippen molar-refractivity contribution in [3.8, 4) is 0 Å². The lowest BCUT2D eigenvalue weighted by Gasteiger charge is -2.23. The number of thiol groups is 1. The first kappa shape index (κ1) is 12.5. The molecule has 0 saturated carbocycles. The zero-order valence-corrected chi connectivity index (χ0v) is 10.5. The van der Waals surface area contributed by atoms with Crippen LogP contribution in [0.4, 0.5) is 0 Å². The molecule has 1 unspecified atom stereocenters. The summed E-state index contributed by atoms with van der Waals surface area (Å²) in [5.41, 5.74) is 1.33. The van der Waals surface area contributed by atoms with E-state index in [2.05, 4.69) is 48.5 Å². The summed E-state index contributed by atoms with van der Waals surface area (Å²) in [6.45, 7) is 7.65. The van der Waals surface area contributed by atoms with E-state index in [0.717, 1.165) is 25.4 Å². The Kier molecular flexibility index (Phi) is 5.73. The van der Waals surface area contributed by atoms with Crippen LogP contribution < -0.4 is 0 Å². The lowest BCUT2D eigenvalue weighted by atomic mass is 10.2. The number of rotatable bonds is 6. The first-order valence-electron chi connectivity index (χ1n) is 5.48. The largest absolute Gasteiger partial charge is 0.299 e. The lowest BCUT2D eigenvalue weighted by Crippen LogP contribution is -2.28. The second-order valence-electron chi connectivity index (χ2n) is 3.97. The minimum Gasteiger partial charge on any atom is -0.299 e. The van der Waals surface area contributed by atoms with Gasteiger partial charge in [-0.3, -0.25) is 9.88 Å². The van der Waals surface area contributed by atoms with Gasteiger partial charge in [0, 0.05) is 25.5 Å². The van der Waals surface area contributed by atoms with E-state index in [1.165, 1.54) is 5.56 Å².